The molecule has 1 aliphatic carbocycles. The Bertz CT molecular complexity index is 650. The second-order valence-electron chi connectivity index (χ2n) is 5.77. The first-order valence-electron chi connectivity index (χ1n) is 7.75. The molecule has 3 heterocycles. The molecule has 1 saturated heterocycles. The molecule has 2 aliphatic rings. The number of fused-ring (bicyclic) bond motifs is 1. The van der Waals surface area contributed by atoms with Gasteiger partial charge in [-0.05, 0) is 25.0 Å². The van der Waals surface area contributed by atoms with Gasteiger partial charge >= 0.3 is 0 Å². The van der Waals surface area contributed by atoms with Crippen LogP contribution in [0.2, 0.25) is 0 Å². The molecule has 22 heavy (non-hydrogen) atoms. The number of carbonyl (C=O) groups is 1. The van der Waals surface area contributed by atoms with Crippen LogP contribution in [0, 0.1) is 0 Å². The van der Waals surface area contributed by atoms with E-state index in [2.05, 4.69) is 4.98 Å². The van der Waals surface area contributed by atoms with E-state index in [4.69, 9.17) is 9.15 Å². The molecule has 1 amide bonds. The molecular weight excluding hydrogens is 300 g/mol. The van der Waals surface area contributed by atoms with E-state index in [0.717, 1.165) is 17.8 Å². The predicted octanol–water partition coefficient (Wildman–Crippen LogP) is 3.19. The van der Waals surface area contributed by atoms with Crippen LogP contribution < -0.4 is 0 Å². The first kappa shape index (κ1) is 14.0. The summed E-state index contributed by atoms with van der Waals surface area (Å²) >= 11 is 1.45. The molecule has 5 nitrogen and oxygen atoms in total. The number of amides is 1. The third-order valence-corrected chi connectivity index (χ3v) is 5.31. The van der Waals surface area contributed by atoms with E-state index in [1.807, 2.05) is 22.4 Å². The van der Waals surface area contributed by atoms with Gasteiger partial charge in [-0.3, -0.25) is 4.79 Å². The third-order valence-electron chi connectivity index (χ3n) is 4.45. The van der Waals surface area contributed by atoms with Gasteiger partial charge in [0.25, 0.3) is 5.91 Å². The molecule has 1 aliphatic heterocycles. The van der Waals surface area contributed by atoms with Crippen molar-refractivity contribution < 1.29 is 13.9 Å². The Balaban J connectivity index is 1.56. The predicted molar refractivity (Wildman–Crippen MR) is 82.8 cm³/mol. The van der Waals surface area contributed by atoms with E-state index >= 15 is 0 Å². The average molecular weight is 318 g/mol. The summed E-state index contributed by atoms with van der Waals surface area (Å²) in [4.78, 5) is 19.2. The maximum Gasteiger partial charge on any atom is 0.273 e. The number of rotatable bonds is 2. The topological polar surface area (TPSA) is 55.6 Å². The first-order chi connectivity index (χ1) is 10.8. The second kappa shape index (κ2) is 5.85. The van der Waals surface area contributed by atoms with Crippen molar-refractivity contribution in [2.75, 3.05) is 13.2 Å². The van der Waals surface area contributed by atoms with Gasteiger partial charge in [0.05, 0.1) is 25.0 Å². The third kappa shape index (κ3) is 2.46. The maximum absolute atomic E-state index is 12.8. The largest absolute Gasteiger partial charge is 0.462 e. The molecule has 0 unspecified atom stereocenters. The molecule has 2 aromatic heterocycles. The van der Waals surface area contributed by atoms with Crippen LogP contribution in [0.4, 0.5) is 0 Å². The summed E-state index contributed by atoms with van der Waals surface area (Å²) in [5, 5.41) is 2.58. The Morgan fingerprint density at radius 3 is 3.14 bits per heavy atom. The fourth-order valence-electron chi connectivity index (χ4n) is 3.38. The van der Waals surface area contributed by atoms with Gasteiger partial charge in [-0.1, -0.05) is 12.8 Å². The van der Waals surface area contributed by atoms with Crippen molar-refractivity contribution in [2.24, 2.45) is 0 Å². The molecule has 116 valence electrons. The van der Waals surface area contributed by atoms with E-state index in [0.29, 0.717) is 24.6 Å². The van der Waals surface area contributed by atoms with Gasteiger partial charge in [0.15, 0.2) is 10.8 Å². The Morgan fingerprint density at radius 2 is 2.27 bits per heavy atom. The molecule has 1 saturated carbocycles. The SMILES string of the molecule is O=C(c1csc(-c2ccco2)n1)N1CCO[C@H]2CCCC[C@@H]21. The molecular formula is C16H18N2O3S. The number of morpholine rings is 1. The van der Waals surface area contributed by atoms with E-state index in [1.165, 1.54) is 24.2 Å². The van der Waals surface area contributed by atoms with Crippen LogP contribution in [0.25, 0.3) is 10.8 Å². The molecule has 6 heteroatoms. The molecule has 0 spiro atoms. The summed E-state index contributed by atoms with van der Waals surface area (Å²) in [7, 11) is 0. The maximum atomic E-state index is 12.8. The van der Waals surface area contributed by atoms with Crippen LogP contribution in [0.1, 0.15) is 36.2 Å². The highest BCUT2D eigenvalue weighted by Crippen LogP contribution is 2.30. The lowest BCUT2D eigenvalue weighted by Gasteiger charge is -2.43. The number of nitrogens with zero attached hydrogens (tertiary/aromatic N) is 2. The van der Waals surface area contributed by atoms with E-state index in [1.54, 1.807) is 6.26 Å². The van der Waals surface area contributed by atoms with Crippen molar-refractivity contribution in [3.05, 3.63) is 29.5 Å². The van der Waals surface area contributed by atoms with Crippen LogP contribution in [0.5, 0.6) is 0 Å². The first-order valence-corrected chi connectivity index (χ1v) is 8.63. The molecule has 2 aromatic rings. The van der Waals surface area contributed by atoms with Crippen molar-refractivity contribution in [2.45, 2.75) is 37.8 Å². The van der Waals surface area contributed by atoms with Gasteiger partial charge in [0.2, 0.25) is 0 Å². The molecule has 4 rings (SSSR count). The lowest BCUT2D eigenvalue weighted by molar-refractivity contribution is -0.0754. The van der Waals surface area contributed by atoms with Gasteiger partial charge < -0.3 is 14.1 Å². The van der Waals surface area contributed by atoms with E-state index in [9.17, 15) is 4.79 Å². The smallest absolute Gasteiger partial charge is 0.273 e. The minimum atomic E-state index is 0.0225. The molecule has 0 bridgehead atoms. The molecule has 0 radical (unpaired) electrons. The summed E-state index contributed by atoms with van der Waals surface area (Å²) in [6.07, 6.45) is 6.28. The highest BCUT2D eigenvalue weighted by atomic mass is 32.1. The standard InChI is InChI=1S/C16H18N2O3S/c19-16(11-10-22-15(17-11)14-6-3-8-20-14)18-7-9-21-13-5-2-1-4-12(13)18/h3,6,8,10,12-13H,1-2,4-5,7,9H2/t12-,13-/m0/s1. The van der Waals surface area contributed by atoms with Crippen molar-refractivity contribution in [1.82, 2.24) is 9.88 Å². The highest BCUT2D eigenvalue weighted by molar-refractivity contribution is 7.13. The number of hydrogen-bond donors (Lipinski definition) is 0. The lowest BCUT2D eigenvalue weighted by atomic mass is 9.90. The Morgan fingerprint density at radius 1 is 1.36 bits per heavy atom. The minimum absolute atomic E-state index is 0.0225. The Hall–Kier alpha value is -1.66. The number of furan rings is 1. The second-order valence-corrected chi connectivity index (χ2v) is 6.63. The molecule has 0 N–H and O–H groups in total. The van der Waals surface area contributed by atoms with Gasteiger partial charge in [-0.25, -0.2) is 4.98 Å². The molecule has 0 aromatic carbocycles. The van der Waals surface area contributed by atoms with Crippen LogP contribution in [0.15, 0.2) is 28.2 Å². The number of aromatic nitrogens is 1. The van der Waals surface area contributed by atoms with Crippen LogP contribution in [-0.4, -0.2) is 41.1 Å². The van der Waals surface area contributed by atoms with Crippen LogP contribution in [0.3, 0.4) is 0 Å². The van der Waals surface area contributed by atoms with Crippen molar-refractivity contribution in [3.8, 4) is 10.8 Å². The quantitative estimate of drug-likeness (QED) is 0.853. The fraction of sp³-hybridized carbons (Fsp3) is 0.500. The lowest BCUT2D eigenvalue weighted by Crippen LogP contribution is -2.54. The molecule has 2 atom stereocenters. The molecule has 2 fully saturated rings. The zero-order valence-electron chi connectivity index (χ0n) is 12.2. The highest BCUT2D eigenvalue weighted by Gasteiger charge is 2.37. The summed E-state index contributed by atoms with van der Waals surface area (Å²) in [6.45, 7) is 1.29. The number of ether oxygens (including phenoxy) is 1. The summed E-state index contributed by atoms with van der Waals surface area (Å²) in [5.74, 6) is 0.732. The van der Waals surface area contributed by atoms with Gasteiger partial charge in [-0.2, -0.15) is 0 Å². The normalized spacial score (nSPS) is 25.0. The fourth-order valence-corrected chi connectivity index (χ4v) is 4.14. The van der Waals surface area contributed by atoms with E-state index in [-0.39, 0.29) is 18.1 Å². The van der Waals surface area contributed by atoms with Crippen LogP contribution in [-0.2, 0) is 4.74 Å². The monoisotopic (exact) mass is 318 g/mol. The van der Waals surface area contributed by atoms with Gasteiger partial charge in [0.1, 0.15) is 5.69 Å². The Labute approximate surface area is 132 Å². The van der Waals surface area contributed by atoms with E-state index < -0.39 is 0 Å². The number of thiazole rings is 1. The van der Waals surface area contributed by atoms with Crippen molar-refractivity contribution >= 4 is 17.2 Å². The van der Waals surface area contributed by atoms with Crippen LogP contribution >= 0.6 is 11.3 Å². The Kier molecular flexibility index (Phi) is 3.72. The van der Waals surface area contributed by atoms with Crippen molar-refractivity contribution in [3.63, 3.8) is 0 Å². The summed E-state index contributed by atoms with van der Waals surface area (Å²) in [6, 6.07) is 3.90. The van der Waals surface area contributed by atoms with Gasteiger partial charge in [-0.15, -0.1) is 11.3 Å². The van der Waals surface area contributed by atoms with Gasteiger partial charge in [0, 0.05) is 11.9 Å². The summed E-state index contributed by atoms with van der Waals surface area (Å²) in [5.41, 5.74) is 0.516. The average Bonchev–Trinajstić information content (AvgIpc) is 3.24. The number of carbonyl (C=O) groups excluding carboxylic acids is 1. The summed E-state index contributed by atoms with van der Waals surface area (Å²) < 4.78 is 11.2. The number of hydrogen-bond acceptors (Lipinski definition) is 5. The van der Waals surface area contributed by atoms with Crippen molar-refractivity contribution in [1.29, 1.82) is 0 Å². The minimum Gasteiger partial charge on any atom is -0.462 e. The zero-order valence-corrected chi connectivity index (χ0v) is 13.1. The zero-order chi connectivity index (χ0) is 14.9.